The summed E-state index contributed by atoms with van der Waals surface area (Å²) in [6.07, 6.45) is 3.41. The minimum absolute atomic E-state index is 0. The van der Waals surface area contributed by atoms with Crippen molar-refractivity contribution in [1.29, 1.82) is 0 Å². The van der Waals surface area contributed by atoms with Gasteiger partial charge in [0.25, 0.3) is 0 Å². The molecule has 0 aliphatic heterocycles. The van der Waals surface area contributed by atoms with Gasteiger partial charge < -0.3 is 19.5 Å². The number of carbonyl (C=O) groups is 1. The van der Waals surface area contributed by atoms with Crippen LogP contribution in [-0.4, -0.2) is 42.7 Å². The summed E-state index contributed by atoms with van der Waals surface area (Å²) in [5, 5.41) is 10.3. The van der Waals surface area contributed by atoms with Crippen LogP contribution >= 0.6 is 0 Å². The van der Waals surface area contributed by atoms with Crippen molar-refractivity contribution in [3.05, 3.63) is 66.9 Å². The molecule has 0 aliphatic carbocycles. The fraction of sp³-hybridized carbons (Fsp3) is 0.261. The molecule has 0 bridgehead atoms. The van der Waals surface area contributed by atoms with Crippen molar-refractivity contribution < 1.29 is 44.2 Å². The van der Waals surface area contributed by atoms with Crippen LogP contribution < -0.4 is 39.6 Å². The molecule has 6 nitrogen and oxygen atoms in total. The number of hydrogen-bond acceptors (Lipinski definition) is 6. The van der Waals surface area contributed by atoms with Crippen LogP contribution in [0.5, 0.6) is 0 Å². The fourth-order valence-electron chi connectivity index (χ4n) is 2.99. The van der Waals surface area contributed by atoms with E-state index >= 15 is 0 Å². The van der Waals surface area contributed by atoms with Crippen LogP contribution in [0.25, 0.3) is 22.5 Å². The molecule has 150 valence electrons. The van der Waals surface area contributed by atoms with Gasteiger partial charge in [-0.2, -0.15) is 0 Å². The zero-order chi connectivity index (χ0) is 20.5. The van der Waals surface area contributed by atoms with E-state index in [1.807, 2.05) is 72.6 Å². The van der Waals surface area contributed by atoms with Crippen LogP contribution in [0.4, 0.5) is 5.82 Å². The molecule has 3 aromatic rings. The predicted octanol–water partition coefficient (Wildman–Crippen LogP) is -0.202. The first-order valence-corrected chi connectivity index (χ1v) is 9.62. The third kappa shape index (κ3) is 6.92. The average molecular weight is 413 g/mol. The van der Waals surface area contributed by atoms with Crippen molar-refractivity contribution in [3.63, 3.8) is 0 Å². The summed E-state index contributed by atoms with van der Waals surface area (Å²) in [4.78, 5) is 22.0. The fourth-order valence-corrected chi connectivity index (χ4v) is 2.99. The van der Waals surface area contributed by atoms with Gasteiger partial charge in [0.15, 0.2) is 0 Å². The number of anilines is 1. The van der Waals surface area contributed by atoms with Gasteiger partial charge >= 0.3 is 29.6 Å². The Morgan fingerprint density at radius 1 is 0.967 bits per heavy atom. The van der Waals surface area contributed by atoms with Gasteiger partial charge in [0, 0.05) is 31.3 Å². The summed E-state index contributed by atoms with van der Waals surface area (Å²) < 4.78 is 5.02. The second-order valence-electron chi connectivity index (χ2n) is 6.71. The van der Waals surface area contributed by atoms with E-state index in [-0.39, 0.29) is 36.2 Å². The molecular formula is C23H24N3NaO3. The molecule has 1 heterocycles. The summed E-state index contributed by atoms with van der Waals surface area (Å²) in [5.74, 6) is -0.400. The van der Waals surface area contributed by atoms with Crippen LogP contribution in [0.15, 0.2) is 66.9 Å². The van der Waals surface area contributed by atoms with Gasteiger partial charge in [-0.15, -0.1) is 0 Å². The minimum atomic E-state index is -1.19. The maximum absolute atomic E-state index is 10.3. The molecule has 7 heteroatoms. The molecule has 0 aliphatic rings. The number of hydrogen-bond donors (Lipinski definition) is 0. The molecule has 1 aromatic heterocycles. The normalized spacial score (nSPS) is 10.3. The van der Waals surface area contributed by atoms with E-state index in [2.05, 4.69) is 0 Å². The average Bonchev–Trinajstić information content (AvgIpc) is 2.76. The summed E-state index contributed by atoms with van der Waals surface area (Å²) in [5.41, 5.74) is 3.74. The van der Waals surface area contributed by atoms with Gasteiger partial charge in [-0.05, 0) is 12.8 Å². The molecule has 0 unspecified atom stereocenters. The molecule has 0 amide bonds. The Labute approximate surface area is 199 Å². The van der Waals surface area contributed by atoms with Crippen LogP contribution in [0.2, 0.25) is 0 Å². The number of aliphatic carboxylic acids is 1. The molecule has 0 N–H and O–H groups in total. The quantitative estimate of drug-likeness (QED) is 0.338. The maximum Gasteiger partial charge on any atom is 1.00 e. The minimum Gasteiger partial charge on any atom is -0.548 e. The van der Waals surface area contributed by atoms with Crippen LogP contribution in [0.1, 0.15) is 12.8 Å². The topological polar surface area (TPSA) is 78.4 Å². The van der Waals surface area contributed by atoms with Crippen molar-refractivity contribution in [1.82, 2.24) is 9.97 Å². The molecule has 0 saturated carbocycles. The number of rotatable bonds is 10. The van der Waals surface area contributed by atoms with Crippen molar-refractivity contribution in [2.45, 2.75) is 12.8 Å². The smallest absolute Gasteiger partial charge is 0.548 e. The molecule has 30 heavy (non-hydrogen) atoms. The first kappa shape index (κ1) is 24.0. The Balaban J connectivity index is 0.00000320. The van der Waals surface area contributed by atoms with E-state index in [1.54, 1.807) is 6.20 Å². The number of nitrogens with zero attached hydrogens (tertiary/aromatic N) is 3. The first-order chi connectivity index (χ1) is 14.1. The SMILES string of the molecule is CN(CCCCOCC(=O)[O-])c1cnc(-c2ccccc2)c(-c2ccccc2)n1.[Na+]. The zero-order valence-electron chi connectivity index (χ0n) is 17.5. The number of benzene rings is 2. The monoisotopic (exact) mass is 413 g/mol. The molecule has 0 atom stereocenters. The Morgan fingerprint density at radius 3 is 2.17 bits per heavy atom. The standard InChI is InChI=1S/C23H25N3O3.Na/c1-26(14-8-9-15-29-17-21(27)28)20-16-24-22(18-10-4-2-5-11-18)23(25-20)19-12-6-3-7-13-19;/h2-7,10-13,16H,8-9,14-15,17H2,1H3,(H,27,28);/q;+1/p-1. The number of aromatic nitrogens is 2. The summed E-state index contributed by atoms with van der Waals surface area (Å²) in [6.45, 7) is 0.806. The molecular weight excluding hydrogens is 389 g/mol. The van der Waals surface area contributed by atoms with Gasteiger partial charge in [0.2, 0.25) is 0 Å². The van der Waals surface area contributed by atoms with E-state index in [0.29, 0.717) is 6.61 Å². The summed E-state index contributed by atoms with van der Waals surface area (Å²) >= 11 is 0. The van der Waals surface area contributed by atoms with Crippen molar-refractivity contribution in [3.8, 4) is 22.5 Å². The van der Waals surface area contributed by atoms with Crippen molar-refractivity contribution >= 4 is 11.8 Å². The van der Waals surface area contributed by atoms with Gasteiger partial charge in [-0.3, -0.25) is 4.98 Å². The molecule has 0 spiro atoms. The molecule has 0 saturated heterocycles. The third-order valence-electron chi connectivity index (χ3n) is 4.50. The number of carboxylic acids is 1. The van der Waals surface area contributed by atoms with Crippen molar-refractivity contribution in [2.75, 3.05) is 31.7 Å². The molecule has 0 radical (unpaired) electrons. The van der Waals surface area contributed by atoms with Crippen LogP contribution in [-0.2, 0) is 9.53 Å². The third-order valence-corrected chi connectivity index (χ3v) is 4.50. The molecule has 3 rings (SSSR count). The predicted molar refractivity (Wildman–Crippen MR) is 111 cm³/mol. The second-order valence-corrected chi connectivity index (χ2v) is 6.71. The van der Waals surface area contributed by atoms with Crippen LogP contribution in [0.3, 0.4) is 0 Å². The van der Waals surface area contributed by atoms with Gasteiger partial charge in [0.05, 0.1) is 30.2 Å². The Bertz CT molecular complexity index is 923. The van der Waals surface area contributed by atoms with E-state index in [9.17, 15) is 9.90 Å². The van der Waals surface area contributed by atoms with E-state index in [4.69, 9.17) is 14.7 Å². The van der Waals surface area contributed by atoms with Gasteiger partial charge in [-0.25, -0.2) is 4.98 Å². The van der Waals surface area contributed by atoms with E-state index < -0.39 is 5.97 Å². The first-order valence-electron chi connectivity index (χ1n) is 9.62. The number of carbonyl (C=O) groups excluding carboxylic acids is 1. The number of unbranched alkanes of at least 4 members (excludes halogenated alkanes) is 1. The van der Waals surface area contributed by atoms with E-state index in [1.165, 1.54) is 0 Å². The molecule has 2 aromatic carbocycles. The summed E-state index contributed by atoms with van der Waals surface area (Å²) in [7, 11) is 1.98. The van der Waals surface area contributed by atoms with Crippen molar-refractivity contribution in [2.24, 2.45) is 0 Å². The number of ether oxygens (including phenoxy) is 1. The van der Waals surface area contributed by atoms with Gasteiger partial charge in [-0.1, -0.05) is 60.7 Å². The largest absolute Gasteiger partial charge is 1.00 e. The Hall–Kier alpha value is -2.25. The zero-order valence-corrected chi connectivity index (χ0v) is 19.5. The van der Waals surface area contributed by atoms with E-state index in [0.717, 1.165) is 47.7 Å². The van der Waals surface area contributed by atoms with Gasteiger partial charge in [0.1, 0.15) is 5.82 Å². The Kier molecular flexibility index (Phi) is 9.97. The van der Waals surface area contributed by atoms with Crippen LogP contribution in [0, 0.1) is 0 Å². The Morgan fingerprint density at radius 2 is 1.57 bits per heavy atom. The molecule has 0 fully saturated rings. The summed E-state index contributed by atoms with van der Waals surface area (Å²) in [6, 6.07) is 20.1. The number of carboxylic acid groups (broad SMARTS) is 1. The second kappa shape index (κ2) is 12.4. The maximum atomic E-state index is 10.3.